The molecule has 1 saturated heterocycles. The van der Waals surface area contributed by atoms with Gasteiger partial charge in [-0.3, -0.25) is 4.79 Å². The molecule has 3 heterocycles. The van der Waals surface area contributed by atoms with E-state index in [1.54, 1.807) is 17.5 Å². The van der Waals surface area contributed by atoms with Gasteiger partial charge >= 0.3 is 0 Å². The molecule has 0 spiro atoms. The van der Waals surface area contributed by atoms with Crippen LogP contribution in [-0.4, -0.2) is 38.5 Å². The summed E-state index contributed by atoms with van der Waals surface area (Å²) in [7, 11) is -3.46. The van der Waals surface area contributed by atoms with E-state index in [0.29, 0.717) is 48.2 Å². The summed E-state index contributed by atoms with van der Waals surface area (Å²) < 4.78 is 37.8. The van der Waals surface area contributed by atoms with E-state index < -0.39 is 15.4 Å². The lowest BCUT2D eigenvalue weighted by Crippen LogP contribution is -2.48. The topological polar surface area (TPSA) is 84.9 Å². The number of thiophene rings is 1. The quantitative estimate of drug-likeness (QED) is 0.801. The third kappa shape index (κ3) is 3.61. The highest BCUT2D eigenvalue weighted by Crippen LogP contribution is 2.35. The van der Waals surface area contributed by atoms with Crippen molar-refractivity contribution < 1.29 is 22.7 Å². The predicted molar refractivity (Wildman–Crippen MR) is 105 cm³/mol. The molecule has 1 N–H and O–H groups in total. The summed E-state index contributed by atoms with van der Waals surface area (Å²) in [6.45, 7) is 3.19. The molecule has 0 unspecified atom stereocenters. The number of ether oxygens (including phenoxy) is 2. The zero-order valence-corrected chi connectivity index (χ0v) is 17.1. The van der Waals surface area contributed by atoms with Crippen LogP contribution in [0.25, 0.3) is 0 Å². The summed E-state index contributed by atoms with van der Waals surface area (Å²) in [6, 6.07) is 8.94. The Balaban J connectivity index is 1.35. The van der Waals surface area contributed by atoms with E-state index in [1.807, 2.05) is 25.1 Å². The maximum Gasteiger partial charge on any atom is 0.252 e. The summed E-state index contributed by atoms with van der Waals surface area (Å²) in [4.78, 5) is 12.8. The first-order valence-electron chi connectivity index (χ1n) is 9.09. The van der Waals surface area contributed by atoms with Crippen molar-refractivity contribution in [1.82, 2.24) is 9.62 Å². The maximum atomic E-state index is 12.8. The second-order valence-corrected chi connectivity index (χ2v) is 10.4. The van der Waals surface area contributed by atoms with Gasteiger partial charge < -0.3 is 14.8 Å². The predicted octanol–water partition coefficient (Wildman–Crippen LogP) is 2.58. The van der Waals surface area contributed by atoms with E-state index in [9.17, 15) is 13.2 Å². The number of benzene rings is 1. The van der Waals surface area contributed by atoms with Gasteiger partial charge in [-0.1, -0.05) is 19.1 Å². The summed E-state index contributed by atoms with van der Waals surface area (Å²) in [5, 5.41) is 4.73. The van der Waals surface area contributed by atoms with Crippen LogP contribution < -0.4 is 14.8 Å². The third-order valence-corrected chi connectivity index (χ3v) is 8.63. The molecule has 0 atom stereocenters. The van der Waals surface area contributed by atoms with Gasteiger partial charge in [-0.15, -0.1) is 11.3 Å². The summed E-state index contributed by atoms with van der Waals surface area (Å²) in [5.74, 6) is 1.34. The Kier molecular flexibility index (Phi) is 5.07. The number of hydrogen-bond acceptors (Lipinski definition) is 6. The number of rotatable bonds is 5. The van der Waals surface area contributed by atoms with Crippen molar-refractivity contribution in [3.63, 3.8) is 0 Å². The lowest BCUT2D eigenvalue weighted by molar-refractivity contribution is -0.132. The fourth-order valence-electron chi connectivity index (χ4n) is 3.43. The van der Waals surface area contributed by atoms with Crippen molar-refractivity contribution in [2.45, 2.75) is 30.5 Å². The largest absolute Gasteiger partial charge is 0.454 e. The van der Waals surface area contributed by atoms with E-state index in [-0.39, 0.29) is 12.7 Å². The maximum absolute atomic E-state index is 12.8. The highest BCUT2D eigenvalue weighted by molar-refractivity contribution is 7.91. The molecule has 28 heavy (non-hydrogen) atoms. The van der Waals surface area contributed by atoms with Crippen LogP contribution >= 0.6 is 11.3 Å². The zero-order chi connectivity index (χ0) is 19.8. The molecule has 7 nitrogen and oxygen atoms in total. The highest BCUT2D eigenvalue weighted by atomic mass is 32.2. The summed E-state index contributed by atoms with van der Waals surface area (Å²) >= 11 is 1.22. The normalized spacial score (nSPS) is 18.8. The molecule has 1 amide bonds. The molecular formula is C19H22N2O5S2. The molecule has 9 heteroatoms. The Bertz CT molecular complexity index is 964. The minimum Gasteiger partial charge on any atom is -0.454 e. The molecule has 0 bridgehead atoms. The third-order valence-electron chi connectivity index (χ3n) is 5.35. The van der Waals surface area contributed by atoms with Crippen LogP contribution in [0.5, 0.6) is 11.5 Å². The van der Waals surface area contributed by atoms with E-state index in [4.69, 9.17) is 9.47 Å². The van der Waals surface area contributed by atoms with Gasteiger partial charge in [0, 0.05) is 25.0 Å². The minimum atomic E-state index is -3.46. The average Bonchev–Trinajstić information content (AvgIpc) is 3.38. The number of fused-ring (bicyclic) bond motifs is 1. The van der Waals surface area contributed by atoms with Crippen molar-refractivity contribution in [3.8, 4) is 11.5 Å². The van der Waals surface area contributed by atoms with Gasteiger partial charge in [-0.05, 0) is 42.0 Å². The van der Waals surface area contributed by atoms with Gasteiger partial charge in [0.05, 0.1) is 0 Å². The van der Waals surface area contributed by atoms with E-state index in [2.05, 4.69) is 5.32 Å². The minimum absolute atomic E-state index is 0.0571. The van der Waals surface area contributed by atoms with Crippen LogP contribution in [0, 0.1) is 5.41 Å². The molecule has 1 aromatic heterocycles. The van der Waals surface area contributed by atoms with Crippen LogP contribution in [0.3, 0.4) is 0 Å². The molecule has 2 aromatic rings. The Hall–Kier alpha value is -2.10. The smallest absolute Gasteiger partial charge is 0.252 e. The molecule has 2 aliphatic rings. The number of nitrogens with one attached hydrogen (secondary N) is 1. The van der Waals surface area contributed by atoms with Crippen LogP contribution in [0.2, 0.25) is 0 Å². The number of amides is 1. The van der Waals surface area contributed by atoms with Crippen molar-refractivity contribution in [3.05, 3.63) is 41.3 Å². The highest BCUT2D eigenvalue weighted by Gasteiger charge is 2.40. The van der Waals surface area contributed by atoms with Crippen LogP contribution in [0.1, 0.15) is 25.3 Å². The molecule has 150 valence electrons. The summed E-state index contributed by atoms with van der Waals surface area (Å²) in [6.07, 6.45) is 0.981. The fraction of sp³-hybridized carbons (Fsp3) is 0.421. The summed E-state index contributed by atoms with van der Waals surface area (Å²) in [5.41, 5.74) is 0.344. The van der Waals surface area contributed by atoms with Gasteiger partial charge in [-0.2, -0.15) is 4.31 Å². The van der Waals surface area contributed by atoms with Gasteiger partial charge in [0.15, 0.2) is 11.5 Å². The Morgan fingerprint density at radius 2 is 1.96 bits per heavy atom. The SMILES string of the molecule is CC1(C(=O)NCc2ccc3c(c2)OCO3)CCN(S(=O)(=O)c2cccs2)CC1. The lowest BCUT2D eigenvalue weighted by Gasteiger charge is -2.37. The molecule has 1 fully saturated rings. The van der Waals surface area contributed by atoms with Crippen molar-refractivity contribution >= 4 is 27.3 Å². The molecule has 1 aromatic carbocycles. The number of carbonyl (C=O) groups is 1. The average molecular weight is 423 g/mol. The Morgan fingerprint density at radius 1 is 1.21 bits per heavy atom. The molecule has 0 aliphatic carbocycles. The molecule has 2 aliphatic heterocycles. The monoisotopic (exact) mass is 422 g/mol. The van der Waals surface area contributed by atoms with Crippen LogP contribution in [0.15, 0.2) is 39.9 Å². The first-order valence-corrected chi connectivity index (χ1v) is 11.4. The van der Waals surface area contributed by atoms with E-state index >= 15 is 0 Å². The van der Waals surface area contributed by atoms with Gasteiger partial charge in [0.2, 0.25) is 12.7 Å². The zero-order valence-electron chi connectivity index (χ0n) is 15.5. The molecular weight excluding hydrogens is 400 g/mol. The van der Waals surface area contributed by atoms with Gasteiger partial charge in [-0.25, -0.2) is 8.42 Å². The molecule has 0 radical (unpaired) electrons. The number of hydrogen-bond donors (Lipinski definition) is 1. The number of nitrogens with zero attached hydrogens (tertiary/aromatic N) is 1. The second-order valence-electron chi connectivity index (χ2n) is 7.27. The van der Waals surface area contributed by atoms with Crippen LogP contribution in [0.4, 0.5) is 0 Å². The van der Waals surface area contributed by atoms with E-state index in [1.165, 1.54) is 15.6 Å². The van der Waals surface area contributed by atoms with Crippen molar-refractivity contribution in [2.75, 3.05) is 19.9 Å². The standard InChI is InChI=1S/C19H22N2O5S2/c1-19(6-8-21(9-7-19)28(23,24)17-3-2-10-27-17)18(22)20-12-14-4-5-15-16(11-14)26-13-25-15/h2-5,10-11H,6-9,12-13H2,1H3,(H,20,22). The van der Waals surface area contributed by atoms with Gasteiger partial charge in [0.1, 0.15) is 4.21 Å². The fourth-order valence-corrected chi connectivity index (χ4v) is 6.02. The Morgan fingerprint density at radius 3 is 2.68 bits per heavy atom. The van der Waals surface area contributed by atoms with Crippen molar-refractivity contribution in [1.29, 1.82) is 0 Å². The van der Waals surface area contributed by atoms with Gasteiger partial charge in [0.25, 0.3) is 10.0 Å². The number of carbonyl (C=O) groups excluding carboxylic acids is 1. The second kappa shape index (κ2) is 7.38. The first kappa shape index (κ1) is 19.2. The first-order chi connectivity index (χ1) is 13.4. The Labute approximate surface area is 168 Å². The van der Waals surface area contributed by atoms with Crippen LogP contribution in [-0.2, 0) is 21.4 Å². The number of sulfonamides is 1. The molecule has 4 rings (SSSR count). The molecule has 0 saturated carbocycles. The van der Waals surface area contributed by atoms with Crippen molar-refractivity contribution in [2.24, 2.45) is 5.41 Å². The van der Waals surface area contributed by atoms with E-state index in [0.717, 1.165) is 5.56 Å². The number of piperidine rings is 1. The lowest BCUT2D eigenvalue weighted by atomic mass is 9.80.